The fraction of sp³-hybridized carbons (Fsp3) is 0.429. The fourth-order valence-corrected chi connectivity index (χ4v) is 2.39. The highest BCUT2D eigenvalue weighted by molar-refractivity contribution is 5.65. The molecule has 3 heteroatoms. The van der Waals surface area contributed by atoms with Crippen molar-refractivity contribution in [1.82, 2.24) is 4.90 Å². The number of hydrogen-bond donors (Lipinski definition) is 0. The smallest absolute Gasteiger partial charge is 0.162 e. The van der Waals surface area contributed by atoms with Gasteiger partial charge in [-0.2, -0.15) is 0 Å². The second-order valence-corrected chi connectivity index (χ2v) is 4.50. The molecule has 2 aliphatic rings. The molecule has 0 amide bonds. The summed E-state index contributed by atoms with van der Waals surface area (Å²) in [5.74, 6) is 1.68. The molecule has 1 aromatic carbocycles. The highest BCUT2D eigenvalue weighted by Gasteiger charge is 2.17. The topological polar surface area (TPSA) is 21.7 Å². The third kappa shape index (κ3) is 1.97. The Morgan fingerprint density at radius 1 is 1.06 bits per heavy atom. The number of likely N-dealkylation sites (tertiary alicyclic amines) is 1. The average Bonchev–Trinajstić information content (AvgIpc) is 2.91. The molecule has 1 fully saturated rings. The van der Waals surface area contributed by atoms with Crippen molar-refractivity contribution in [1.29, 1.82) is 0 Å². The van der Waals surface area contributed by atoms with Gasteiger partial charge in [0.25, 0.3) is 0 Å². The third-order valence-corrected chi connectivity index (χ3v) is 3.36. The van der Waals surface area contributed by atoms with Crippen LogP contribution in [-0.4, -0.2) is 31.2 Å². The van der Waals surface area contributed by atoms with Gasteiger partial charge in [0.15, 0.2) is 11.5 Å². The van der Waals surface area contributed by atoms with Gasteiger partial charge in [0.05, 0.1) is 0 Å². The molecular formula is C14H17NO2. The lowest BCUT2D eigenvalue weighted by molar-refractivity contribution is 0.171. The Kier molecular flexibility index (Phi) is 2.67. The Labute approximate surface area is 102 Å². The lowest BCUT2D eigenvalue weighted by Gasteiger charge is -2.23. The van der Waals surface area contributed by atoms with Gasteiger partial charge in [-0.25, -0.2) is 0 Å². The first-order valence-corrected chi connectivity index (χ1v) is 6.18. The Bertz CT molecular complexity index is 436. The predicted octanol–water partition coefficient (Wildman–Crippen LogP) is 2.52. The molecule has 90 valence electrons. The summed E-state index contributed by atoms with van der Waals surface area (Å²) in [4.78, 5) is 2.34. The second kappa shape index (κ2) is 4.32. The number of nitrogens with zero attached hydrogens (tertiary/aromatic N) is 1. The van der Waals surface area contributed by atoms with E-state index < -0.39 is 0 Å². The predicted molar refractivity (Wildman–Crippen MR) is 67.3 cm³/mol. The Balaban J connectivity index is 1.85. The van der Waals surface area contributed by atoms with Crippen molar-refractivity contribution in [3.8, 4) is 11.5 Å². The fourth-order valence-electron chi connectivity index (χ4n) is 2.39. The van der Waals surface area contributed by atoms with Crippen molar-refractivity contribution in [2.75, 3.05) is 26.3 Å². The standard InChI is InChI=1S/C14H17NO2/c1-11(15-6-2-3-7-15)12-4-5-13-14(10-12)17-9-8-16-13/h4-5,10H,1-3,6-9H2. The van der Waals surface area contributed by atoms with E-state index in [0.717, 1.165) is 35.8 Å². The zero-order valence-electron chi connectivity index (χ0n) is 9.95. The van der Waals surface area contributed by atoms with E-state index in [1.54, 1.807) is 0 Å². The van der Waals surface area contributed by atoms with Gasteiger partial charge in [0.1, 0.15) is 13.2 Å². The SMILES string of the molecule is C=C(c1ccc2c(c1)OCCO2)N1CCCC1. The van der Waals surface area contributed by atoms with E-state index in [9.17, 15) is 0 Å². The van der Waals surface area contributed by atoms with Crippen molar-refractivity contribution in [2.45, 2.75) is 12.8 Å². The first kappa shape index (κ1) is 10.5. The summed E-state index contributed by atoms with van der Waals surface area (Å²) in [5.41, 5.74) is 2.23. The molecule has 3 nitrogen and oxygen atoms in total. The van der Waals surface area contributed by atoms with Crippen LogP contribution in [0.2, 0.25) is 0 Å². The van der Waals surface area contributed by atoms with Crippen molar-refractivity contribution < 1.29 is 9.47 Å². The van der Waals surface area contributed by atoms with Crippen LogP contribution in [0.4, 0.5) is 0 Å². The van der Waals surface area contributed by atoms with Gasteiger partial charge < -0.3 is 14.4 Å². The van der Waals surface area contributed by atoms with E-state index in [1.165, 1.54) is 12.8 Å². The summed E-state index contributed by atoms with van der Waals surface area (Å²) in [6.45, 7) is 7.69. The monoisotopic (exact) mass is 231 g/mol. The maximum atomic E-state index is 5.59. The average molecular weight is 231 g/mol. The molecule has 2 aliphatic heterocycles. The first-order chi connectivity index (χ1) is 8.34. The van der Waals surface area contributed by atoms with Crippen LogP contribution in [0.15, 0.2) is 24.8 Å². The molecule has 3 rings (SSSR count). The Morgan fingerprint density at radius 2 is 1.76 bits per heavy atom. The minimum Gasteiger partial charge on any atom is -0.486 e. The molecule has 0 spiro atoms. The number of fused-ring (bicyclic) bond motifs is 1. The van der Waals surface area contributed by atoms with Gasteiger partial charge in [-0.1, -0.05) is 6.58 Å². The normalized spacial score (nSPS) is 18.2. The van der Waals surface area contributed by atoms with Crippen molar-refractivity contribution in [2.24, 2.45) is 0 Å². The maximum absolute atomic E-state index is 5.59. The summed E-state index contributed by atoms with van der Waals surface area (Å²) < 4.78 is 11.1. The van der Waals surface area contributed by atoms with E-state index >= 15 is 0 Å². The summed E-state index contributed by atoms with van der Waals surface area (Å²) in [6, 6.07) is 6.08. The number of rotatable bonds is 2. The number of hydrogen-bond acceptors (Lipinski definition) is 3. The molecule has 0 aromatic heterocycles. The van der Waals surface area contributed by atoms with E-state index in [-0.39, 0.29) is 0 Å². The molecule has 2 heterocycles. The summed E-state index contributed by atoms with van der Waals surface area (Å²) in [5, 5.41) is 0. The quantitative estimate of drug-likeness (QED) is 0.780. The Morgan fingerprint density at radius 3 is 2.53 bits per heavy atom. The summed E-state index contributed by atoms with van der Waals surface area (Å²) >= 11 is 0. The summed E-state index contributed by atoms with van der Waals surface area (Å²) in [7, 11) is 0. The molecule has 0 N–H and O–H groups in total. The molecule has 0 bridgehead atoms. The van der Waals surface area contributed by atoms with Crippen molar-refractivity contribution in [3.63, 3.8) is 0 Å². The third-order valence-electron chi connectivity index (χ3n) is 3.36. The minimum atomic E-state index is 0.632. The molecule has 1 saturated heterocycles. The molecule has 0 aliphatic carbocycles. The molecule has 17 heavy (non-hydrogen) atoms. The van der Waals surface area contributed by atoms with Crippen LogP contribution in [0.25, 0.3) is 5.70 Å². The van der Waals surface area contributed by atoms with E-state index in [2.05, 4.69) is 17.5 Å². The van der Waals surface area contributed by atoms with Crippen LogP contribution in [0.3, 0.4) is 0 Å². The van der Waals surface area contributed by atoms with Crippen LogP contribution in [0.1, 0.15) is 18.4 Å². The van der Waals surface area contributed by atoms with Crippen LogP contribution in [0.5, 0.6) is 11.5 Å². The second-order valence-electron chi connectivity index (χ2n) is 4.50. The van der Waals surface area contributed by atoms with Gasteiger partial charge in [0.2, 0.25) is 0 Å². The van der Waals surface area contributed by atoms with Crippen LogP contribution < -0.4 is 9.47 Å². The summed E-state index contributed by atoms with van der Waals surface area (Å²) in [6.07, 6.45) is 2.53. The van der Waals surface area contributed by atoms with Gasteiger partial charge >= 0.3 is 0 Å². The van der Waals surface area contributed by atoms with Crippen molar-refractivity contribution in [3.05, 3.63) is 30.3 Å². The molecule has 0 atom stereocenters. The number of ether oxygens (including phenoxy) is 2. The molecule has 1 aromatic rings. The molecular weight excluding hydrogens is 214 g/mol. The maximum Gasteiger partial charge on any atom is 0.162 e. The lowest BCUT2D eigenvalue weighted by Crippen LogP contribution is -2.18. The molecule has 0 unspecified atom stereocenters. The van der Waals surface area contributed by atoms with Gasteiger partial charge in [-0.05, 0) is 31.0 Å². The highest BCUT2D eigenvalue weighted by atomic mass is 16.6. The number of benzene rings is 1. The largest absolute Gasteiger partial charge is 0.486 e. The minimum absolute atomic E-state index is 0.632. The zero-order chi connectivity index (χ0) is 11.7. The van der Waals surface area contributed by atoms with Crippen LogP contribution in [0, 0.1) is 0 Å². The van der Waals surface area contributed by atoms with E-state index in [1.807, 2.05) is 12.1 Å². The van der Waals surface area contributed by atoms with Gasteiger partial charge in [0, 0.05) is 24.4 Å². The van der Waals surface area contributed by atoms with Crippen LogP contribution in [-0.2, 0) is 0 Å². The molecule has 0 radical (unpaired) electrons. The molecule has 0 saturated carbocycles. The van der Waals surface area contributed by atoms with Crippen LogP contribution >= 0.6 is 0 Å². The van der Waals surface area contributed by atoms with Gasteiger partial charge in [-0.15, -0.1) is 0 Å². The zero-order valence-corrected chi connectivity index (χ0v) is 9.95. The van der Waals surface area contributed by atoms with E-state index in [4.69, 9.17) is 9.47 Å². The van der Waals surface area contributed by atoms with Gasteiger partial charge in [-0.3, -0.25) is 0 Å². The van der Waals surface area contributed by atoms with E-state index in [0.29, 0.717) is 13.2 Å². The Hall–Kier alpha value is -1.64. The van der Waals surface area contributed by atoms with Crippen molar-refractivity contribution >= 4 is 5.70 Å². The first-order valence-electron chi connectivity index (χ1n) is 6.18. The lowest BCUT2D eigenvalue weighted by atomic mass is 10.1. The highest BCUT2D eigenvalue weighted by Crippen LogP contribution is 2.33.